The van der Waals surface area contributed by atoms with Gasteiger partial charge in [0.15, 0.2) is 0 Å². The molecule has 0 saturated carbocycles. The molecule has 4 heteroatoms. The zero-order valence-electron chi connectivity index (χ0n) is 10.8. The van der Waals surface area contributed by atoms with E-state index < -0.39 is 0 Å². The number of amides is 1. The van der Waals surface area contributed by atoms with Crippen LogP contribution in [0, 0.1) is 0 Å². The number of primary amides is 1. The van der Waals surface area contributed by atoms with Crippen molar-refractivity contribution in [2.75, 3.05) is 13.2 Å². The molecule has 2 atom stereocenters. The van der Waals surface area contributed by atoms with Crippen LogP contribution >= 0.6 is 0 Å². The van der Waals surface area contributed by atoms with Crippen LogP contribution in [-0.4, -0.2) is 31.3 Å². The van der Waals surface area contributed by atoms with Crippen LogP contribution in [0.15, 0.2) is 11.6 Å². The van der Waals surface area contributed by atoms with Gasteiger partial charge in [0.2, 0.25) is 5.91 Å². The summed E-state index contributed by atoms with van der Waals surface area (Å²) in [6.07, 6.45) is 5.72. The molecule has 0 spiro atoms. The Hall–Kier alpha value is -0.870. The van der Waals surface area contributed by atoms with E-state index in [0.29, 0.717) is 12.2 Å². The van der Waals surface area contributed by atoms with Crippen LogP contribution in [0.4, 0.5) is 0 Å². The van der Waals surface area contributed by atoms with Crippen LogP contribution in [0.2, 0.25) is 0 Å². The second-order valence-corrected chi connectivity index (χ2v) is 4.40. The fourth-order valence-corrected chi connectivity index (χ4v) is 1.56. The highest BCUT2D eigenvalue weighted by Crippen LogP contribution is 2.14. The largest absolute Gasteiger partial charge is 0.371 e. The van der Waals surface area contributed by atoms with Gasteiger partial charge in [0.25, 0.3) is 0 Å². The van der Waals surface area contributed by atoms with Crippen molar-refractivity contribution in [3.05, 3.63) is 11.6 Å². The summed E-state index contributed by atoms with van der Waals surface area (Å²) in [5.41, 5.74) is 6.05. The lowest BCUT2D eigenvalue weighted by Crippen LogP contribution is -2.19. The fourth-order valence-electron chi connectivity index (χ4n) is 1.56. The first-order chi connectivity index (χ1) is 8.17. The van der Waals surface area contributed by atoms with E-state index in [0.717, 1.165) is 32.3 Å². The Morgan fingerprint density at radius 1 is 1.59 bits per heavy atom. The van der Waals surface area contributed by atoms with Crippen LogP contribution < -0.4 is 5.73 Å². The van der Waals surface area contributed by atoms with Gasteiger partial charge >= 0.3 is 0 Å². The van der Waals surface area contributed by atoms with Crippen molar-refractivity contribution in [1.82, 2.24) is 0 Å². The van der Waals surface area contributed by atoms with E-state index in [1.165, 1.54) is 0 Å². The Labute approximate surface area is 103 Å². The number of rotatable bonds is 9. The minimum Gasteiger partial charge on any atom is -0.371 e. The summed E-state index contributed by atoms with van der Waals surface area (Å²) >= 11 is 0. The molecule has 0 radical (unpaired) electrons. The average molecular weight is 241 g/mol. The highest BCUT2D eigenvalue weighted by atomic mass is 16.6. The van der Waals surface area contributed by atoms with E-state index in [-0.39, 0.29) is 18.1 Å². The lowest BCUT2D eigenvalue weighted by molar-refractivity contribution is -0.114. The monoisotopic (exact) mass is 241 g/mol. The first-order valence-corrected chi connectivity index (χ1v) is 6.41. The highest BCUT2D eigenvalue weighted by molar-refractivity contribution is 5.91. The summed E-state index contributed by atoms with van der Waals surface area (Å²) in [5, 5.41) is 0. The van der Waals surface area contributed by atoms with Crippen LogP contribution in [0.3, 0.4) is 0 Å². The molecular weight excluding hydrogens is 218 g/mol. The van der Waals surface area contributed by atoms with Crippen molar-refractivity contribution < 1.29 is 14.3 Å². The van der Waals surface area contributed by atoms with Gasteiger partial charge in [-0.15, -0.1) is 0 Å². The maximum Gasteiger partial charge on any atom is 0.244 e. The van der Waals surface area contributed by atoms with Gasteiger partial charge in [0.1, 0.15) is 6.10 Å². The first-order valence-electron chi connectivity index (χ1n) is 6.41. The van der Waals surface area contributed by atoms with Gasteiger partial charge in [-0.2, -0.15) is 0 Å². The molecule has 1 aliphatic rings. The average Bonchev–Trinajstić information content (AvgIpc) is 3.11. The summed E-state index contributed by atoms with van der Waals surface area (Å²) in [6, 6.07) is 0. The molecule has 1 aliphatic heterocycles. The van der Waals surface area contributed by atoms with Gasteiger partial charge in [-0.3, -0.25) is 4.79 Å². The summed E-state index contributed by atoms with van der Waals surface area (Å²) in [6.45, 7) is 5.53. The van der Waals surface area contributed by atoms with Gasteiger partial charge in [0.05, 0.1) is 19.3 Å². The summed E-state index contributed by atoms with van der Waals surface area (Å²) in [4.78, 5) is 11.3. The number of epoxide rings is 1. The summed E-state index contributed by atoms with van der Waals surface area (Å²) in [5.74, 6) is -0.330. The number of nitrogens with two attached hydrogens (primary N) is 1. The van der Waals surface area contributed by atoms with Gasteiger partial charge in [0, 0.05) is 5.57 Å². The molecule has 1 rings (SSSR count). The van der Waals surface area contributed by atoms with Crippen molar-refractivity contribution in [3.63, 3.8) is 0 Å². The maximum absolute atomic E-state index is 11.3. The van der Waals surface area contributed by atoms with Crippen LogP contribution in [0.1, 0.15) is 39.5 Å². The topological polar surface area (TPSA) is 64.8 Å². The third-order valence-corrected chi connectivity index (χ3v) is 2.80. The number of ether oxygens (including phenoxy) is 2. The Balaban J connectivity index is 2.46. The second-order valence-electron chi connectivity index (χ2n) is 4.40. The Morgan fingerprint density at radius 2 is 2.29 bits per heavy atom. The minimum atomic E-state index is -0.330. The Bertz CT molecular complexity index is 272. The number of carbonyl (C=O) groups is 1. The maximum atomic E-state index is 11.3. The van der Waals surface area contributed by atoms with E-state index >= 15 is 0 Å². The van der Waals surface area contributed by atoms with Crippen molar-refractivity contribution in [1.29, 1.82) is 0 Å². The molecule has 1 saturated heterocycles. The zero-order chi connectivity index (χ0) is 12.7. The van der Waals surface area contributed by atoms with E-state index in [2.05, 4.69) is 6.92 Å². The number of hydrogen-bond acceptors (Lipinski definition) is 3. The molecule has 1 amide bonds. The molecule has 1 heterocycles. The third kappa shape index (κ3) is 5.84. The van der Waals surface area contributed by atoms with Gasteiger partial charge in [-0.1, -0.05) is 20.3 Å². The quantitative estimate of drug-likeness (QED) is 0.494. The normalized spacial score (nSPS) is 21.3. The smallest absolute Gasteiger partial charge is 0.244 e. The number of unbranched alkanes of at least 4 members (excludes halogenated alkanes) is 1. The third-order valence-electron chi connectivity index (χ3n) is 2.80. The number of hydrogen-bond donors (Lipinski definition) is 1. The molecule has 17 heavy (non-hydrogen) atoms. The van der Waals surface area contributed by atoms with Crippen LogP contribution in [0.5, 0.6) is 0 Å². The lowest BCUT2D eigenvalue weighted by atomic mass is 10.1. The summed E-state index contributed by atoms with van der Waals surface area (Å²) in [7, 11) is 0. The molecule has 0 bridgehead atoms. The Kier molecular flexibility index (Phi) is 6.22. The molecule has 2 unspecified atom stereocenters. The number of carbonyl (C=O) groups excluding carboxylic acids is 1. The fraction of sp³-hybridized carbons (Fsp3) is 0.769. The van der Waals surface area contributed by atoms with E-state index in [1.54, 1.807) is 0 Å². The predicted molar refractivity (Wildman–Crippen MR) is 66.6 cm³/mol. The molecule has 0 aromatic rings. The highest BCUT2D eigenvalue weighted by Gasteiger charge is 2.23. The van der Waals surface area contributed by atoms with Crippen molar-refractivity contribution in [2.45, 2.75) is 51.7 Å². The molecule has 1 fully saturated rings. The zero-order valence-corrected chi connectivity index (χ0v) is 10.8. The molecule has 98 valence electrons. The molecule has 2 N–H and O–H groups in total. The summed E-state index contributed by atoms with van der Waals surface area (Å²) < 4.78 is 10.8. The van der Waals surface area contributed by atoms with Gasteiger partial charge in [-0.05, 0) is 25.3 Å². The SMILES string of the molecule is CCCCC(=CC(CC)OCC1CO1)C(N)=O. The molecule has 4 nitrogen and oxygen atoms in total. The Morgan fingerprint density at radius 3 is 2.76 bits per heavy atom. The predicted octanol–water partition coefficient (Wildman–Crippen LogP) is 1.78. The van der Waals surface area contributed by atoms with Crippen LogP contribution in [-0.2, 0) is 14.3 Å². The van der Waals surface area contributed by atoms with Gasteiger partial charge in [-0.25, -0.2) is 0 Å². The lowest BCUT2D eigenvalue weighted by Gasteiger charge is -2.13. The van der Waals surface area contributed by atoms with Crippen LogP contribution in [0.25, 0.3) is 0 Å². The van der Waals surface area contributed by atoms with Crippen molar-refractivity contribution in [2.24, 2.45) is 5.73 Å². The first kappa shape index (κ1) is 14.2. The minimum absolute atomic E-state index is 0.0291. The standard InChI is InChI=1S/C13H23NO3/c1-3-5-6-10(13(14)15)7-11(4-2)16-8-12-9-17-12/h7,11-12H,3-6,8-9H2,1-2H3,(H2,14,15). The van der Waals surface area contributed by atoms with Crippen molar-refractivity contribution >= 4 is 5.91 Å². The molecule has 0 aliphatic carbocycles. The van der Waals surface area contributed by atoms with E-state index in [9.17, 15) is 4.79 Å². The molecule has 0 aromatic heterocycles. The molecular formula is C13H23NO3. The van der Waals surface area contributed by atoms with E-state index in [1.807, 2.05) is 13.0 Å². The van der Waals surface area contributed by atoms with Crippen molar-refractivity contribution in [3.8, 4) is 0 Å². The molecule has 0 aromatic carbocycles. The second kappa shape index (κ2) is 7.45. The van der Waals surface area contributed by atoms with Gasteiger partial charge < -0.3 is 15.2 Å². The van der Waals surface area contributed by atoms with E-state index in [4.69, 9.17) is 15.2 Å².